The van der Waals surface area contributed by atoms with E-state index in [2.05, 4.69) is 5.32 Å². The van der Waals surface area contributed by atoms with E-state index < -0.39 is 11.9 Å². The zero-order chi connectivity index (χ0) is 14.4. The van der Waals surface area contributed by atoms with E-state index in [0.717, 1.165) is 5.56 Å². The number of hydrogen-bond acceptors (Lipinski definition) is 2. The summed E-state index contributed by atoms with van der Waals surface area (Å²) in [6.07, 6.45) is 0.204. The molecule has 0 heterocycles. The van der Waals surface area contributed by atoms with Gasteiger partial charge in [0.1, 0.15) is 5.82 Å². The molecule has 0 bridgehead atoms. The number of halogens is 1. The molecular weight excluding hydrogens is 249 g/mol. The molecule has 2 N–H and O–H groups in total. The van der Waals surface area contributed by atoms with Crippen molar-refractivity contribution in [3.63, 3.8) is 0 Å². The van der Waals surface area contributed by atoms with Crippen LogP contribution in [0.4, 0.5) is 4.39 Å². The lowest BCUT2D eigenvalue weighted by molar-refractivity contribution is -0.141. The minimum atomic E-state index is -0.946. The third-order valence-corrected chi connectivity index (χ3v) is 2.94. The first-order valence-corrected chi connectivity index (χ1v) is 6.15. The van der Waals surface area contributed by atoms with Crippen molar-refractivity contribution in [1.29, 1.82) is 0 Å². The predicted octanol–water partition coefficient (Wildman–Crippen LogP) is 2.16. The molecule has 4 nitrogen and oxygen atoms in total. The minimum absolute atomic E-state index is 0.101. The number of aliphatic carboxylic acids is 1. The summed E-state index contributed by atoms with van der Waals surface area (Å²) in [6, 6.07) is 6.12. The maximum atomic E-state index is 13.0. The lowest BCUT2D eigenvalue weighted by atomic mass is 9.97. The van der Waals surface area contributed by atoms with Crippen LogP contribution in [0.1, 0.15) is 31.7 Å². The highest BCUT2D eigenvalue weighted by atomic mass is 19.1. The summed E-state index contributed by atoms with van der Waals surface area (Å²) in [5.41, 5.74) is 0.751. The average molecular weight is 267 g/mol. The molecule has 0 aliphatic carbocycles. The monoisotopic (exact) mass is 267 g/mol. The number of carbonyl (C=O) groups is 2. The van der Waals surface area contributed by atoms with Gasteiger partial charge in [-0.1, -0.05) is 26.0 Å². The van der Waals surface area contributed by atoms with E-state index in [1.54, 1.807) is 12.1 Å². The summed E-state index contributed by atoms with van der Waals surface area (Å²) < 4.78 is 13.0. The van der Waals surface area contributed by atoms with E-state index in [0.29, 0.717) is 0 Å². The second kappa shape index (κ2) is 6.87. The maximum Gasteiger partial charge on any atom is 0.308 e. The van der Waals surface area contributed by atoms with Gasteiger partial charge < -0.3 is 10.4 Å². The molecule has 0 aromatic heterocycles. The van der Waals surface area contributed by atoms with Crippen LogP contribution >= 0.6 is 0 Å². The minimum Gasteiger partial charge on any atom is -0.481 e. The summed E-state index contributed by atoms with van der Waals surface area (Å²) in [4.78, 5) is 22.2. The van der Waals surface area contributed by atoms with Crippen LogP contribution in [0, 0.1) is 11.7 Å². The number of amides is 1. The standard InChI is InChI=1S/C14H18FNO3/c1-9(11-4-3-5-12(15)7-11)6-13(17)16-8-10(2)14(18)19/h3-5,7,9-10H,6,8H2,1-2H3,(H,16,17)(H,18,19)/t9-,10+/m1/s1. The average Bonchev–Trinajstić information content (AvgIpc) is 2.35. The molecule has 1 aromatic carbocycles. The fourth-order valence-electron chi connectivity index (χ4n) is 1.64. The molecule has 1 rings (SSSR count). The molecule has 0 saturated heterocycles. The third-order valence-electron chi connectivity index (χ3n) is 2.94. The van der Waals surface area contributed by atoms with Crippen molar-refractivity contribution in [2.24, 2.45) is 5.92 Å². The molecule has 0 fully saturated rings. The largest absolute Gasteiger partial charge is 0.481 e. The van der Waals surface area contributed by atoms with Crippen molar-refractivity contribution >= 4 is 11.9 Å². The Bertz CT molecular complexity index is 462. The van der Waals surface area contributed by atoms with Crippen LogP contribution in [0.2, 0.25) is 0 Å². The van der Waals surface area contributed by atoms with Gasteiger partial charge in [-0.25, -0.2) is 4.39 Å². The van der Waals surface area contributed by atoms with Gasteiger partial charge in [-0.2, -0.15) is 0 Å². The highest BCUT2D eigenvalue weighted by molar-refractivity contribution is 5.78. The van der Waals surface area contributed by atoms with Crippen LogP contribution in [0.5, 0.6) is 0 Å². The summed E-state index contributed by atoms with van der Waals surface area (Å²) in [6.45, 7) is 3.46. The Kier molecular flexibility index (Phi) is 5.48. The predicted molar refractivity (Wildman–Crippen MR) is 69.2 cm³/mol. The van der Waals surface area contributed by atoms with Gasteiger partial charge in [-0.15, -0.1) is 0 Å². The molecule has 0 radical (unpaired) electrons. The van der Waals surface area contributed by atoms with Crippen molar-refractivity contribution < 1.29 is 19.1 Å². The Morgan fingerprint density at radius 3 is 2.63 bits per heavy atom. The van der Waals surface area contributed by atoms with Crippen LogP contribution in [0.15, 0.2) is 24.3 Å². The molecule has 2 atom stereocenters. The summed E-state index contributed by atoms with van der Waals surface area (Å²) in [5, 5.41) is 11.3. The summed E-state index contributed by atoms with van der Waals surface area (Å²) in [7, 11) is 0. The number of hydrogen-bond donors (Lipinski definition) is 2. The van der Waals surface area contributed by atoms with Crippen molar-refractivity contribution in [3.05, 3.63) is 35.6 Å². The van der Waals surface area contributed by atoms with Crippen LogP contribution in [0.25, 0.3) is 0 Å². The lowest BCUT2D eigenvalue weighted by Gasteiger charge is -2.13. The summed E-state index contributed by atoms with van der Waals surface area (Å²) in [5.74, 6) is -2.24. The van der Waals surface area contributed by atoms with Crippen molar-refractivity contribution in [2.45, 2.75) is 26.2 Å². The Morgan fingerprint density at radius 2 is 2.05 bits per heavy atom. The normalized spacial score (nSPS) is 13.6. The van der Waals surface area contributed by atoms with Crippen LogP contribution in [0.3, 0.4) is 0 Å². The molecule has 104 valence electrons. The van der Waals surface area contributed by atoms with Gasteiger partial charge in [-0.05, 0) is 23.6 Å². The molecule has 0 spiro atoms. The van der Waals surface area contributed by atoms with Gasteiger partial charge in [0.2, 0.25) is 5.91 Å². The van der Waals surface area contributed by atoms with Crippen molar-refractivity contribution in [2.75, 3.05) is 6.54 Å². The molecule has 0 aliphatic rings. The highest BCUT2D eigenvalue weighted by Gasteiger charge is 2.15. The van der Waals surface area contributed by atoms with E-state index in [1.165, 1.54) is 19.1 Å². The van der Waals surface area contributed by atoms with Crippen LogP contribution < -0.4 is 5.32 Å². The lowest BCUT2D eigenvalue weighted by Crippen LogP contribution is -2.32. The zero-order valence-electron chi connectivity index (χ0n) is 11.0. The Morgan fingerprint density at radius 1 is 1.37 bits per heavy atom. The first-order chi connectivity index (χ1) is 8.90. The van der Waals surface area contributed by atoms with Gasteiger partial charge in [-0.3, -0.25) is 9.59 Å². The van der Waals surface area contributed by atoms with Gasteiger partial charge in [0, 0.05) is 13.0 Å². The molecule has 0 aliphatic heterocycles. The number of carboxylic acid groups (broad SMARTS) is 1. The number of rotatable bonds is 6. The van der Waals surface area contributed by atoms with E-state index in [-0.39, 0.29) is 30.6 Å². The topological polar surface area (TPSA) is 66.4 Å². The van der Waals surface area contributed by atoms with Gasteiger partial charge >= 0.3 is 5.97 Å². The Labute approximate surface area is 111 Å². The third kappa shape index (κ3) is 5.07. The number of carbonyl (C=O) groups excluding carboxylic acids is 1. The van der Waals surface area contributed by atoms with Crippen LogP contribution in [-0.4, -0.2) is 23.5 Å². The fraction of sp³-hybridized carbons (Fsp3) is 0.429. The molecular formula is C14H18FNO3. The van der Waals surface area contributed by atoms with Crippen molar-refractivity contribution in [3.8, 4) is 0 Å². The first-order valence-electron chi connectivity index (χ1n) is 6.15. The van der Waals surface area contributed by atoms with E-state index in [9.17, 15) is 14.0 Å². The van der Waals surface area contributed by atoms with Gasteiger partial charge in [0.25, 0.3) is 0 Å². The quantitative estimate of drug-likeness (QED) is 0.830. The second-order valence-corrected chi connectivity index (χ2v) is 4.70. The number of benzene rings is 1. The Balaban J connectivity index is 2.46. The van der Waals surface area contributed by atoms with E-state index in [4.69, 9.17) is 5.11 Å². The van der Waals surface area contributed by atoms with Gasteiger partial charge in [0.15, 0.2) is 0 Å². The number of nitrogens with one attached hydrogen (secondary N) is 1. The van der Waals surface area contributed by atoms with E-state index >= 15 is 0 Å². The molecule has 5 heteroatoms. The summed E-state index contributed by atoms with van der Waals surface area (Å²) >= 11 is 0. The smallest absolute Gasteiger partial charge is 0.308 e. The SMILES string of the molecule is C[C@H](CC(=O)NC[C@H](C)C(=O)O)c1cccc(F)c1. The maximum absolute atomic E-state index is 13.0. The van der Waals surface area contributed by atoms with Gasteiger partial charge in [0.05, 0.1) is 5.92 Å². The van der Waals surface area contributed by atoms with E-state index in [1.807, 2.05) is 6.92 Å². The number of carboxylic acids is 1. The van der Waals surface area contributed by atoms with Crippen LogP contribution in [-0.2, 0) is 9.59 Å². The molecule has 0 unspecified atom stereocenters. The molecule has 1 aromatic rings. The fourth-order valence-corrected chi connectivity index (χ4v) is 1.64. The first kappa shape index (κ1) is 15.1. The van der Waals surface area contributed by atoms with Crippen molar-refractivity contribution in [1.82, 2.24) is 5.32 Å². The molecule has 19 heavy (non-hydrogen) atoms. The highest BCUT2D eigenvalue weighted by Crippen LogP contribution is 2.19. The Hall–Kier alpha value is -1.91. The second-order valence-electron chi connectivity index (χ2n) is 4.70. The molecule has 0 saturated carbocycles. The zero-order valence-corrected chi connectivity index (χ0v) is 11.0. The molecule has 1 amide bonds.